The lowest BCUT2D eigenvalue weighted by Crippen LogP contribution is -2.65. The molecule has 2 N–H and O–H groups in total. The molecule has 9 heteroatoms. The lowest BCUT2D eigenvalue weighted by Gasteiger charge is -2.50. The van der Waals surface area contributed by atoms with Crippen molar-refractivity contribution in [3.63, 3.8) is 0 Å². The normalized spacial score (nSPS) is 17.3. The lowest BCUT2D eigenvalue weighted by atomic mass is 10.0. The molecule has 2 saturated heterocycles. The molecule has 2 aliphatic heterocycles. The van der Waals surface area contributed by atoms with Gasteiger partial charge in [-0.3, -0.25) is 9.80 Å². The molecule has 2 fully saturated rings. The smallest absolute Gasteiger partial charge is 0.241 e. The number of nitrogens with zero attached hydrogens (tertiary/aromatic N) is 4. The van der Waals surface area contributed by atoms with Crippen LogP contribution in [-0.2, 0) is 13.2 Å². The van der Waals surface area contributed by atoms with Crippen LogP contribution in [0.15, 0.2) is 104 Å². The predicted octanol–water partition coefficient (Wildman–Crippen LogP) is 5.82. The first kappa shape index (κ1) is 30.6. The zero-order valence-corrected chi connectivity index (χ0v) is 25.6. The number of ether oxygens (including phenoxy) is 2. The number of rotatable bonds is 12. The summed E-state index contributed by atoms with van der Waals surface area (Å²) in [4.78, 5) is 11.2. The first-order chi connectivity index (χ1) is 21.9. The number of pyridine rings is 1. The lowest BCUT2D eigenvalue weighted by molar-refractivity contribution is -0.0792. The Bertz CT molecular complexity index is 1570. The summed E-state index contributed by atoms with van der Waals surface area (Å²) in [6, 6.07) is 29.0. The Balaban J connectivity index is 1.09. The zero-order valence-electron chi connectivity index (χ0n) is 25.6. The topological polar surface area (TPSA) is 73.3 Å². The van der Waals surface area contributed by atoms with Crippen LogP contribution in [0.3, 0.4) is 0 Å². The molecule has 4 aromatic rings. The summed E-state index contributed by atoms with van der Waals surface area (Å²) in [6.45, 7) is 11.1. The number of benzene rings is 3. The number of anilines is 3. The van der Waals surface area contributed by atoms with Crippen molar-refractivity contribution in [1.29, 1.82) is 0 Å². The van der Waals surface area contributed by atoms with Crippen LogP contribution >= 0.6 is 0 Å². The van der Waals surface area contributed by atoms with E-state index < -0.39 is 5.72 Å². The van der Waals surface area contributed by atoms with E-state index in [9.17, 15) is 5.11 Å². The maximum absolute atomic E-state index is 15.4. The number of aliphatic hydroxyl groups is 1. The molecule has 1 atom stereocenters. The number of halogens is 1. The van der Waals surface area contributed by atoms with Gasteiger partial charge in [-0.25, -0.2) is 4.39 Å². The molecule has 0 radical (unpaired) electrons. The first-order valence-corrected chi connectivity index (χ1v) is 15.4. The van der Waals surface area contributed by atoms with Crippen LogP contribution in [0.5, 0.6) is 11.8 Å². The molecular formula is C36H40FN5O3. The largest absolute Gasteiger partial charge is 0.473 e. The molecule has 0 bridgehead atoms. The number of nitrogens with one attached hydrogen (secondary N) is 1. The molecule has 3 heterocycles. The second kappa shape index (κ2) is 13.7. The summed E-state index contributed by atoms with van der Waals surface area (Å²) in [7, 11) is 0. The standard InChI is InChI=1S/C36H40FN5O3/c1-3-36(2,43)42-20-18-40(19-21-42)30-23-41(24-30)33-16-14-29(22-31(33)37)38-32-15-17-34(44-25-27-10-6-4-7-11-27)39-35(32)45-26-28-12-8-5-9-13-28/h3-17,22,30,38,43H,1,18-21,23-26H2,2H3. The Morgan fingerprint density at radius 3 is 2.18 bits per heavy atom. The third kappa shape index (κ3) is 7.45. The second-order valence-corrected chi connectivity index (χ2v) is 11.7. The van der Waals surface area contributed by atoms with Gasteiger partial charge in [-0.05, 0) is 48.4 Å². The Labute approximate surface area is 264 Å². The number of piperazine rings is 1. The van der Waals surface area contributed by atoms with Gasteiger partial charge in [0.1, 0.15) is 30.4 Å². The minimum absolute atomic E-state index is 0.284. The van der Waals surface area contributed by atoms with Crippen LogP contribution in [0, 0.1) is 5.82 Å². The summed E-state index contributed by atoms with van der Waals surface area (Å²) in [6.07, 6.45) is 1.58. The highest BCUT2D eigenvalue weighted by atomic mass is 19.1. The van der Waals surface area contributed by atoms with E-state index in [4.69, 9.17) is 9.47 Å². The molecule has 2 aliphatic rings. The molecular weight excluding hydrogens is 569 g/mol. The molecule has 0 amide bonds. The van der Waals surface area contributed by atoms with Gasteiger partial charge in [-0.2, -0.15) is 4.98 Å². The van der Waals surface area contributed by atoms with Crippen molar-refractivity contribution in [3.05, 3.63) is 121 Å². The maximum Gasteiger partial charge on any atom is 0.241 e. The number of hydrogen-bond donors (Lipinski definition) is 2. The maximum atomic E-state index is 15.4. The van der Waals surface area contributed by atoms with E-state index in [2.05, 4.69) is 26.7 Å². The summed E-state index contributed by atoms with van der Waals surface area (Å²) in [5, 5.41) is 13.8. The van der Waals surface area contributed by atoms with Crippen LogP contribution in [0.2, 0.25) is 0 Å². The third-order valence-electron chi connectivity index (χ3n) is 8.57. The monoisotopic (exact) mass is 609 g/mol. The van der Waals surface area contributed by atoms with Gasteiger partial charge in [0.25, 0.3) is 0 Å². The van der Waals surface area contributed by atoms with E-state index in [1.165, 1.54) is 6.07 Å². The number of hydrogen-bond acceptors (Lipinski definition) is 8. The zero-order chi connectivity index (χ0) is 31.2. The van der Waals surface area contributed by atoms with Crippen LogP contribution in [0.25, 0.3) is 0 Å². The summed E-state index contributed by atoms with van der Waals surface area (Å²) in [5.41, 5.74) is 2.87. The Morgan fingerprint density at radius 2 is 1.56 bits per heavy atom. The van der Waals surface area contributed by atoms with E-state index in [1.807, 2.05) is 83.8 Å². The summed E-state index contributed by atoms with van der Waals surface area (Å²) >= 11 is 0. The average Bonchev–Trinajstić information content (AvgIpc) is 3.05. The molecule has 3 aromatic carbocycles. The van der Waals surface area contributed by atoms with Gasteiger partial charge in [0.05, 0.1) is 5.69 Å². The van der Waals surface area contributed by atoms with Crippen molar-refractivity contribution < 1.29 is 19.0 Å². The Morgan fingerprint density at radius 1 is 0.911 bits per heavy atom. The molecule has 8 nitrogen and oxygen atoms in total. The van der Waals surface area contributed by atoms with Gasteiger partial charge in [0.2, 0.25) is 11.8 Å². The molecule has 0 spiro atoms. The van der Waals surface area contributed by atoms with Crippen LogP contribution in [-0.4, -0.2) is 70.9 Å². The highest BCUT2D eigenvalue weighted by Crippen LogP contribution is 2.33. The van der Waals surface area contributed by atoms with Crippen molar-refractivity contribution in [1.82, 2.24) is 14.8 Å². The Kier molecular flexibility index (Phi) is 9.30. The predicted molar refractivity (Wildman–Crippen MR) is 175 cm³/mol. The van der Waals surface area contributed by atoms with Crippen LogP contribution in [0.1, 0.15) is 18.1 Å². The third-order valence-corrected chi connectivity index (χ3v) is 8.57. The van der Waals surface area contributed by atoms with Crippen molar-refractivity contribution in [2.24, 2.45) is 0 Å². The van der Waals surface area contributed by atoms with Crippen molar-refractivity contribution in [3.8, 4) is 11.8 Å². The van der Waals surface area contributed by atoms with Crippen LogP contribution in [0.4, 0.5) is 21.5 Å². The van der Waals surface area contributed by atoms with E-state index in [1.54, 1.807) is 19.1 Å². The van der Waals surface area contributed by atoms with Crippen molar-refractivity contribution in [2.75, 3.05) is 49.5 Å². The summed E-state index contributed by atoms with van der Waals surface area (Å²) in [5.74, 6) is 0.524. The van der Waals surface area contributed by atoms with Crippen molar-refractivity contribution >= 4 is 17.1 Å². The van der Waals surface area contributed by atoms with Gasteiger partial charge < -0.3 is 24.8 Å². The van der Waals surface area contributed by atoms with Crippen LogP contribution < -0.4 is 19.7 Å². The molecule has 1 unspecified atom stereocenters. The van der Waals surface area contributed by atoms with Gasteiger partial charge in [0, 0.05) is 57.1 Å². The minimum Gasteiger partial charge on any atom is -0.473 e. The van der Waals surface area contributed by atoms with Gasteiger partial charge >= 0.3 is 0 Å². The van der Waals surface area contributed by atoms with E-state index in [0.717, 1.165) is 50.4 Å². The van der Waals surface area contributed by atoms with E-state index in [0.29, 0.717) is 48.1 Å². The molecule has 1 aromatic heterocycles. The highest BCUT2D eigenvalue weighted by Gasteiger charge is 2.37. The fourth-order valence-corrected chi connectivity index (χ4v) is 5.71. The van der Waals surface area contributed by atoms with E-state index in [-0.39, 0.29) is 5.82 Å². The molecule has 0 aliphatic carbocycles. The van der Waals surface area contributed by atoms with E-state index >= 15 is 4.39 Å². The fraction of sp³-hybridized carbons (Fsp3) is 0.306. The molecule has 6 rings (SSSR count). The second-order valence-electron chi connectivity index (χ2n) is 11.7. The quantitative estimate of drug-likeness (QED) is 0.195. The Hall–Kier alpha value is -4.44. The summed E-state index contributed by atoms with van der Waals surface area (Å²) < 4.78 is 27.5. The van der Waals surface area contributed by atoms with Crippen molar-refractivity contribution in [2.45, 2.75) is 31.9 Å². The minimum atomic E-state index is -0.986. The first-order valence-electron chi connectivity index (χ1n) is 15.4. The molecule has 0 saturated carbocycles. The SMILES string of the molecule is C=CC(C)(O)N1CCN(C2CN(c3ccc(Nc4ccc(OCc5ccccc5)nc4OCc4ccccc4)cc3F)C2)CC1. The average molecular weight is 610 g/mol. The van der Waals surface area contributed by atoms with Gasteiger partial charge in [-0.15, -0.1) is 0 Å². The molecule has 45 heavy (non-hydrogen) atoms. The molecule has 234 valence electrons. The fourth-order valence-electron chi connectivity index (χ4n) is 5.71. The number of aromatic nitrogens is 1. The highest BCUT2D eigenvalue weighted by molar-refractivity contribution is 5.67. The van der Waals surface area contributed by atoms with Gasteiger partial charge in [-0.1, -0.05) is 67.2 Å². The van der Waals surface area contributed by atoms with Gasteiger partial charge in [0.15, 0.2) is 0 Å².